The van der Waals surface area contributed by atoms with E-state index in [1.165, 1.54) is 0 Å². The summed E-state index contributed by atoms with van der Waals surface area (Å²) in [6, 6.07) is 22.6. The molecule has 0 saturated heterocycles. The maximum Gasteiger partial charge on any atom is 0.258 e. The topological polar surface area (TPSA) is 83.9 Å². The Morgan fingerprint density at radius 3 is 2.38 bits per heavy atom. The minimum Gasteiger partial charge on any atom is -0.331 e. The van der Waals surface area contributed by atoms with Gasteiger partial charge in [-0.2, -0.15) is 0 Å². The van der Waals surface area contributed by atoms with Crippen LogP contribution >= 0.6 is 23.8 Å². The van der Waals surface area contributed by atoms with Gasteiger partial charge in [-0.05, 0) is 54.7 Å². The smallest absolute Gasteiger partial charge is 0.258 e. The molecule has 2 aromatic heterocycles. The monoisotopic (exact) mass is 460 g/mol. The molecule has 0 unspecified atom stereocenters. The lowest BCUT2D eigenvalue weighted by Crippen LogP contribution is -2.45. The number of nitrogens with zero attached hydrogens (tertiary/aromatic N) is 3. The van der Waals surface area contributed by atoms with Crippen LogP contribution in [0.4, 0.5) is 5.69 Å². The van der Waals surface area contributed by atoms with Crippen molar-refractivity contribution in [2.75, 3.05) is 5.32 Å². The van der Waals surface area contributed by atoms with Crippen molar-refractivity contribution in [3.05, 3.63) is 77.8 Å². The van der Waals surface area contributed by atoms with Gasteiger partial charge in [0.2, 0.25) is 0 Å². The first kappa shape index (κ1) is 20.2. The zero-order chi connectivity index (χ0) is 22.1. The maximum absolute atomic E-state index is 12.7. The molecule has 2 heterocycles. The summed E-state index contributed by atoms with van der Waals surface area (Å²) in [7, 11) is 0. The van der Waals surface area contributed by atoms with Crippen molar-refractivity contribution in [3.8, 4) is 0 Å². The average molecular weight is 461 g/mol. The van der Waals surface area contributed by atoms with E-state index >= 15 is 0 Å². The highest BCUT2D eigenvalue weighted by Gasteiger charge is 2.16. The molecule has 3 N–H and O–H groups in total. The fourth-order valence-electron chi connectivity index (χ4n) is 3.55. The minimum atomic E-state index is -0.275. The lowest BCUT2D eigenvalue weighted by Gasteiger charge is -2.12. The summed E-state index contributed by atoms with van der Waals surface area (Å²) < 4.78 is 1.86. The maximum atomic E-state index is 12.7. The Bertz CT molecular complexity index is 1480. The molecule has 0 aliphatic heterocycles. The summed E-state index contributed by atoms with van der Waals surface area (Å²) in [5, 5.41) is 4.81. The number of anilines is 1. The van der Waals surface area contributed by atoms with Crippen molar-refractivity contribution in [2.24, 2.45) is 0 Å². The third-order valence-corrected chi connectivity index (χ3v) is 5.43. The van der Waals surface area contributed by atoms with Crippen molar-refractivity contribution in [1.29, 1.82) is 0 Å². The van der Waals surface area contributed by atoms with E-state index in [1.54, 1.807) is 24.3 Å². The van der Waals surface area contributed by atoms with E-state index in [9.17, 15) is 4.79 Å². The number of nitrogens with one attached hydrogen (secondary N) is 3. The molecule has 0 radical (unpaired) electrons. The summed E-state index contributed by atoms with van der Waals surface area (Å²) in [6.07, 6.45) is 0. The van der Waals surface area contributed by atoms with Crippen LogP contribution in [0.25, 0.3) is 33.1 Å². The van der Waals surface area contributed by atoms with Gasteiger partial charge in [-0.3, -0.25) is 15.6 Å². The Labute approximate surface area is 193 Å². The van der Waals surface area contributed by atoms with Gasteiger partial charge in [-0.15, -0.1) is 0 Å². The molecule has 0 aliphatic rings. The number of hydrogen-bond acceptors (Lipinski definition) is 4. The molecule has 0 saturated carbocycles. The zero-order valence-electron chi connectivity index (χ0n) is 16.7. The van der Waals surface area contributed by atoms with E-state index in [-0.39, 0.29) is 17.6 Å². The molecule has 5 aromatic rings. The summed E-state index contributed by atoms with van der Waals surface area (Å²) in [6.45, 7) is 0.0492. The number of hydrazine groups is 1. The van der Waals surface area contributed by atoms with Gasteiger partial charge in [0.25, 0.3) is 5.91 Å². The van der Waals surface area contributed by atoms with E-state index in [2.05, 4.69) is 16.2 Å². The molecule has 0 spiro atoms. The highest BCUT2D eigenvalue weighted by atomic mass is 35.5. The number of benzene rings is 3. The number of carbonyl (C=O) groups is 1. The van der Waals surface area contributed by atoms with Crippen LogP contribution in [0.5, 0.6) is 0 Å². The Balaban J connectivity index is 1.38. The lowest BCUT2D eigenvalue weighted by atomic mass is 10.2. The van der Waals surface area contributed by atoms with Crippen molar-refractivity contribution in [2.45, 2.75) is 6.54 Å². The van der Waals surface area contributed by atoms with Gasteiger partial charge in [0, 0.05) is 16.1 Å². The molecular formula is C23H17ClN6OS. The quantitative estimate of drug-likeness (QED) is 0.273. The van der Waals surface area contributed by atoms with Crippen molar-refractivity contribution >= 4 is 73.6 Å². The number of thiocarbonyl (C=S) groups is 1. The number of aromatic nitrogens is 3. The Morgan fingerprint density at radius 1 is 0.906 bits per heavy atom. The van der Waals surface area contributed by atoms with Crippen LogP contribution < -0.4 is 16.2 Å². The highest BCUT2D eigenvalue weighted by molar-refractivity contribution is 7.80. The second-order valence-electron chi connectivity index (χ2n) is 7.12. The van der Waals surface area contributed by atoms with Crippen LogP contribution in [0.2, 0.25) is 5.02 Å². The van der Waals surface area contributed by atoms with E-state index in [0.29, 0.717) is 10.7 Å². The van der Waals surface area contributed by atoms with Crippen molar-refractivity contribution < 1.29 is 4.79 Å². The van der Waals surface area contributed by atoms with E-state index < -0.39 is 0 Å². The number of para-hydroxylation sites is 3. The summed E-state index contributed by atoms with van der Waals surface area (Å²) >= 11 is 11.1. The fourth-order valence-corrected chi connectivity index (χ4v) is 3.84. The lowest BCUT2D eigenvalue weighted by molar-refractivity contribution is -0.122. The summed E-state index contributed by atoms with van der Waals surface area (Å²) in [5.74, 6) is -0.275. The predicted molar refractivity (Wildman–Crippen MR) is 131 cm³/mol. The molecule has 0 fully saturated rings. The molecule has 3 aromatic carbocycles. The molecule has 158 valence electrons. The third-order valence-electron chi connectivity index (χ3n) is 4.98. The van der Waals surface area contributed by atoms with Gasteiger partial charge < -0.3 is 9.88 Å². The van der Waals surface area contributed by atoms with Crippen LogP contribution in [0.3, 0.4) is 0 Å². The fraction of sp³-hybridized carbons (Fsp3) is 0.0435. The molecule has 1 amide bonds. The largest absolute Gasteiger partial charge is 0.331 e. The number of amides is 1. The number of fused-ring (bicyclic) bond motifs is 4. The van der Waals surface area contributed by atoms with Crippen LogP contribution in [0.15, 0.2) is 72.8 Å². The predicted octanol–water partition coefficient (Wildman–Crippen LogP) is 4.41. The van der Waals surface area contributed by atoms with E-state index in [4.69, 9.17) is 33.8 Å². The summed E-state index contributed by atoms with van der Waals surface area (Å²) in [4.78, 5) is 22.3. The normalized spacial score (nSPS) is 11.0. The molecule has 32 heavy (non-hydrogen) atoms. The van der Waals surface area contributed by atoms with Gasteiger partial charge >= 0.3 is 0 Å². The SMILES string of the molecule is O=C(Cn1c2ccccc2c2nc3ccccc3nc21)NNC(=S)Nc1ccc(Cl)cc1. The third kappa shape index (κ3) is 3.93. The molecule has 0 atom stereocenters. The second-order valence-corrected chi connectivity index (χ2v) is 7.97. The Morgan fingerprint density at radius 2 is 1.59 bits per heavy atom. The van der Waals surface area contributed by atoms with Gasteiger partial charge in [0.15, 0.2) is 10.8 Å². The van der Waals surface area contributed by atoms with Crippen LogP contribution in [0, 0.1) is 0 Å². The van der Waals surface area contributed by atoms with Crippen LogP contribution in [0.1, 0.15) is 0 Å². The van der Waals surface area contributed by atoms with Gasteiger partial charge in [0.1, 0.15) is 12.1 Å². The van der Waals surface area contributed by atoms with Crippen LogP contribution in [-0.2, 0) is 11.3 Å². The minimum absolute atomic E-state index is 0.0492. The first-order chi connectivity index (χ1) is 15.6. The zero-order valence-corrected chi connectivity index (χ0v) is 18.2. The highest BCUT2D eigenvalue weighted by Crippen LogP contribution is 2.28. The van der Waals surface area contributed by atoms with E-state index in [0.717, 1.165) is 33.1 Å². The number of halogens is 1. The number of hydrogen-bond donors (Lipinski definition) is 3. The summed E-state index contributed by atoms with van der Waals surface area (Å²) in [5.41, 5.74) is 10.00. The van der Waals surface area contributed by atoms with Gasteiger partial charge in [-0.1, -0.05) is 41.9 Å². The van der Waals surface area contributed by atoms with E-state index in [1.807, 2.05) is 53.1 Å². The number of rotatable bonds is 3. The standard InChI is InChI=1S/C23H17ClN6OS/c24-14-9-11-15(12-10-14)25-23(32)29-28-20(31)13-30-19-8-4-1-5-16(19)21-22(30)27-18-7-3-2-6-17(18)26-21/h1-12H,13H2,(H,28,31)(H2,25,29,32). The average Bonchev–Trinajstić information content (AvgIpc) is 3.10. The second kappa shape index (κ2) is 8.41. The molecule has 0 bridgehead atoms. The Kier molecular flexibility index (Phi) is 5.30. The van der Waals surface area contributed by atoms with Crippen molar-refractivity contribution in [1.82, 2.24) is 25.4 Å². The molecular weight excluding hydrogens is 444 g/mol. The first-order valence-electron chi connectivity index (χ1n) is 9.83. The molecule has 7 nitrogen and oxygen atoms in total. The Hall–Kier alpha value is -3.75. The number of carbonyl (C=O) groups excluding carboxylic acids is 1. The van der Waals surface area contributed by atoms with Gasteiger partial charge in [0.05, 0.1) is 16.6 Å². The van der Waals surface area contributed by atoms with Crippen molar-refractivity contribution in [3.63, 3.8) is 0 Å². The van der Waals surface area contributed by atoms with Gasteiger partial charge in [-0.25, -0.2) is 9.97 Å². The molecule has 5 rings (SSSR count). The molecule has 0 aliphatic carbocycles. The van der Waals surface area contributed by atoms with Crippen LogP contribution in [-0.4, -0.2) is 25.6 Å². The molecule has 9 heteroatoms. The first-order valence-corrected chi connectivity index (χ1v) is 10.6.